The van der Waals surface area contributed by atoms with Crippen LogP contribution < -0.4 is 15.0 Å². The third-order valence-electron chi connectivity index (χ3n) is 5.70. The quantitative estimate of drug-likeness (QED) is 0.640. The number of amides is 2. The van der Waals surface area contributed by atoms with Gasteiger partial charge in [-0.1, -0.05) is 12.1 Å². The van der Waals surface area contributed by atoms with E-state index in [1.807, 2.05) is 38.2 Å². The van der Waals surface area contributed by atoms with E-state index in [4.69, 9.17) is 4.74 Å². The van der Waals surface area contributed by atoms with Crippen LogP contribution in [0, 0.1) is 6.92 Å². The van der Waals surface area contributed by atoms with Crippen molar-refractivity contribution in [2.24, 2.45) is 7.05 Å². The molecule has 2 amide bonds. The summed E-state index contributed by atoms with van der Waals surface area (Å²) >= 11 is 0. The number of methoxy groups -OCH3 is 1. The van der Waals surface area contributed by atoms with Crippen molar-refractivity contribution in [3.05, 3.63) is 65.1 Å². The van der Waals surface area contributed by atoms with Crippen LogP contribution in [0.4, 0.5) is 11.5 Å². The average molecular weight is 435 g/mol. The van der Waals surface area contributed by atoms with Gasteiger partial charge >= 0.3 is 0 Å². The molecule has 0 saturated carbocycles. The van der Waals surface area contributed by atoms with Gasteiger partial charge in [-0.05, 0) is 30.7 Å². The molecule has 0 saturated heterocycles. The van der Waals surface area contributed by atoms with Crippen LogP contribution in [0.25, 0.3) is 0 Å². The van der Waals surface area contributed by atoms with Crippen molar-refractivity contribution in [2.75, 3.05) is 30.9 Å². The number of carbonyl (C=O) groups is 2. The van der Waals surface area contributed by atoms with E-state index in [0.29, 0.717) is 30.2 Å². The summed E-state index contributed by atoms with van der Waals surface area (Å²) in [6.07, 6.45) is 3.31. The number of aromatic nitrogens is 3. The van der Waals surface area contributed by atoms with Gasteiger partial charge < -0.3 is 19.9 Å². The summed E-state index contributed by atoms with van der Waals surface area (Å²) in [5.74, 6) is 1.08. The highest BCUT2D eigenvalue weighted by Gasteiger charge is 2.27. The monoisotopic (exact) mass is 434 g/mol. The molecule has 1 aromatic carbocycles. The zero-order valence-electron chi connectivity index (χ0n) is 18.6. The van der Waals surface area contributed by atoms with Crippen LogP contribution in [0.2, 0.25) is 0 Å². The molecule has 0 unspecified atom stereocenters. The van der Waals surface area contributed by atoms with Gasteiger partial charge in [0.15, 0.2) is 5.82 Å². The fraction of sp³-hybridized carbons (Fsp3) is 0.304. The second-order valence-electron chi connectivity index (χ2n) is 7.81. The topological polar surface area (TPSA) is 92.6 Å². The molecule has 9 nitrogen and oxygen atoms in total. The Morgan fingerprint density at radius 3 is 2.66 bits per heavy atom. The maximum absolute atomic E-state index is 13.1. The summed E-state index contributed by atoms with van der Waals surface area (Å²) in [6.45, 7) is 2.93. The molecule has 0 aliphatic carbocycles. The lowest BCUT2D eigenvalue weighted by molar-refractivity contribution is -0.117. The molecule has 4 rings (SSSR count). The Labute approximate surface area is 186 Å². The first-order valence-electron chi connectivity index (χ1n) is 10.3. The summed E-state index contributed by atoms with van der Waals surface area (Å²) in [4.78, 5) is 33.5. The van der Waals surface area contributed by atoms with Gasteiger partial charge in [0.25, 0.3) is 5.91 Å². The SMILES string of the molecule is COc1ccc(CN2C(=O)CNc3ncc(C(=O)N(C)Cc4cnn(C)c4C)cc32)cc1. The zero-order chi connectivity index (χ0) is 22.8. The molecule has 2 aromatic heterocycles. The van der Waals surface area contributed by atoms with Gasteiger partial charge in [0.1, 0.15) is 5.75 Å². The molecule has 0 spiro atoms. The number of hydrogen-bond acceptors (Lipinski definition) is 6. The van der Waals surface area contributed by atoms with Crippen LogP contribution in [0.5, 0.6) is 5.75 Å². The van der Waals surface area contributed by atoms with E-state index < -0.39 is 0 Å². The molecule has 0 fully saturated rings. The summed E-state index contributed by atoms with van der Waals surface area (Å²) in [5, 5.41) is 7.27. The summed E-state index contributed by atoms with van der Waals surface area (Å²) in [6, 6.07) is 9.28. The van der Waals surface area contributed by atoms with Crippen LogP contribution in [0.1, 0.15) is 27.2 Å². The Kier molecular flexibility index (Phi) is 5.81. The lowest BCUT2D eigenvalue weighted by Crippen LogP contribution is -2.40. The minimum Gasteiger partial charge on any atom is -0.497 e. The minimum absolute atomic E-state index is 0.0842. The maximum atomic E-state index is 13.1. The first kappa shape index (κ1) is 21.4. The number of fused-ring (bicyclic) bond motifs is 1. The van der Waals surface area contributed by atoms with Crippen molar-refractivity contribution in [1.82, 2.24) is 19.7 Å². The summed E-state index contributed by atoms with van der Waals surface area (Å²) < 4.78 is 6.98. The lowest BCUT2D eigenvalue weighted by Gasteiger charge is -2.30. The van der Waals surface area contributed by atoms with Crippen LogP contribution in [-0.4, -0.2) is 52.2 Å². The molecule has 0 radical (unpaired) electrons. The molecular formula is C23H26N6O3. The fourth-order valence-electron chi connectivity index (χ4n) is 3.64. The molecule has 1 aliphatic rings. The van der Waals surface area contributed by atoms with Crippen LogP contribution >= 0.6 is 0 Å². The Balaban J connectivity index is 1.57. The van der Waals surface area contributed by atoms with E-state index in [-0.39, 0.29) is 18.4 Å². The summed E-state index contributed by atoms with van der Waals surface area (Å²) in [5.41, 5.74) is 3.95. The number of hydrogen-bond donors (Lipinski definition) is 1. The normalized spacial score (nSPS) is 12.9. The van der Waals surface area contributed by atoms with Gasteiger partial charge in [-0.2, -0.15) is 5.10 Å². The Bertz CT molecular complexity index is 1160. The van der Waals surface area contributed by atoms with Gasteiger partial charge in [-0.15, -0.1) is 0 Å². The molecule has 3 aromatic rings. The molecule has 0 bridgehead atoms. The predicted octanol–water partition coefficient (Wildman–Crippen LogP) is 2.36. The number of carbonyl (C=O) groups excluding carboxylic acids is 2. The number of benzene rings is 1. The fourth-order valence-corrected chi connectivity index (χ4v) is 3.64. The minimum atomic E-state index is -0.175. The molecule has 1 N–H and O–H groups in total. The van der Waals surface area contributed by atoms with E-state index in [9.17, 15) is 9.59 Å². The summed E-state index contributed by atoms with van der Waals surface area (Å²) in [7, 11) is 5.23. The molecule has 166 valence electrons. The van der Waals surface area contributed by atoms with Crippen LogP contribution in [-0.2, 0) is 24.9 Å². The predicted molar refractivity (Wildman–Crippen MR) is 121 cm³/mol. The van der Waals surface area contributed by atoms with E-state index in [1.165, 1.54) is 0 Å². The highest BCUT2D eigenvalue weighted by molar-refractivity contribution is 6.04. The molecule has 3 heterocycles. The number of aryl methyl sites for hydroxylation is 1. The lowest BCUT2D eigenvalue weighted by atomic mass is 10.1. The number of ether oxygens (including phenoxy) is 1. The number of pyridine rings is 1. The van der Waals surface area contributed by atoms with Gasteiger partial charge in [-0.25, -0.2) is 4.98 Å². The standard InChI is InChI=1S/C23H26N6O3/c1-15-18(11-26-28(15)3)14-27(2)23(31)17-9-20-22(24-10-17)25-12-21(30)29(20)13-16-5-7-19(32-4)8-6-16/h5-11H,12-14H2,1-4H3,(H,24,25). The highest BCUT2D eigenvalue weighted by Crippen LogP contribution is 2.30. The van der Waals surface area contributed by atoms with Crippen molar-refractivity contribution in [3.63, 3.8) is 0 Å². The van der Waals surface area contributed by atoms with Gasteiger partial charge in [0, 0.05) is 38.1 Å². The molecular weight excluding hydrogens is 408 g/mol. The first-order chi connectivity index (χ1) is 15.4. The number of rotatable bonds is 6. The van der Waals surface area contributed by atoms with Gasteiger partial charge in [0.2, 0.25) is 5.91 Å². The van der Waals surface area contributed by atoms with Crippen LogP contribution in [0.15, 0.2) is 42.7 Å². The third-order valence-corrected chi connectivity index (χ3v) is 5.70. The van der Waals surface area contributed by atoms with E-state index in [1.54, 1.807) is 47.1 Å². The number of anilines is 2. The molecule has 0 atom stereocenters. The zero-order valence-corrected chi connectivity index (χ0v) is 18.6. The second-order valence-corrected chi connectivity index (χ2v) is 7.81. The Morgan fingerprint density at radius 2 is 2.00 bits per heavy atom. The van der Waals surface area contributed by atoms with E-state index in [2.05, 4.69) is 15.4 Å². The van der Waals surface area contributed by atoms with Crippen LogP contribution in [0.3, 0.4) is 0 Å². The van der Waals surface area contributed by atoms with E-state index >= 15 is 0 Å². The van der Waals surface area contributed by atoms with Crippen molar-refractivity contribution in [1.29, 1.82) is 0 Å². The second kappa shape index (κ2) is 8.70. The van der Waals surface area contributed by atoms with E-state index in [0.717, 1.165) is 22.6 Å². The van der Waals surface area contributed by atoms with Crippen molar-refractivity contribution >= 4 is 23.3 Å². The molecule has 9 heteroatoms. The first-order valence-corrected chi connectivity index (χ1v) is 10.3. The smallest absolute Gasteiger partial charge is 0.255 e. The number of nitrogens with zero attached hydrogens (tertiary/aromatic N) is 5. The largest absolute Gasteiger partial charge is 0.497 e. The Hall–Kier alpha value is -3.88. The van der Waals surface area contributed by atoms with Crippen molar-refractivity contribution in [3.8, 4) is 5.75 Å². The van der Waals surface area contributed by atoms with Crippen molar-refractivity contribution < 1.29 is 14.3 Å². The van der Waals surface area contributed by atoms with Gasteiger partial charge in [0.05, 0.1) is 37.6 Å². The molecule has 32 heavy (non-hydrogen) atoms. The highest BCUT2D eigenvalue weighted by atomic mass is 16.5. The number of nitrogens with one attached hydrogen (secondary N) is 1. The average Bonchev–Trinajstić information content (AvgIpc) is 3.12. The maximum Gasteiger partial charge on any atom is 0.255 e. The Morgan fingerprint density at radius 1 is 1.25 bits per heavy atom. The third kappa shape index (κ3) is 4.14. The van der Waals surface area contributed by atoms with Gasteiger partial charge in [-0.3, -0.25) is 14.3 Å². The molecule has 1 aliphatic heterocycles. The van der Waals surface area contributed by atoms with Crippen molar-refractivity contribution in [2.45, 2.75) is 20.0 Å².